The summed E-state index contributed by atoms with van der Waals surface area (Å²) < 4.78 is 15.8. The van der Waals surface area contributed by atoms with Crippen molar-refractivity contribution < 1.29 is 4.39 Å². The Balaban J connectivity index is 2.25. The van der Waals surface area contributed by atoms with E-state index in [2.05, 4.69) is 31.9 Å². The lowest BCUT2D eigenvalue weighted by atomic mass is 10.1. The van der Waals surface area contributed by atoms with Crippen molar-refractivity contribution >= 4 is 37.5 Å². The molecule has 5 heteroatoms. The highest BCUT2D eigenvalue weighted by Gasteiger charge is 2.14. The smallest absolute Gasteiger partial charge is 0.160 e. The molecule has 2 rings (SSSR count). The van der Waals surface area contributed by atoms with Crippen molar-refractivity contribution in [3.8, 4) is 0 Å². The molecule has 0 unspecified atom stereocenters. The number of hydrogen-bond acceptors (Lipinski definition) is 2. The van der Waals surface area contributed by atoms with Gasteiger partial charge in [0.15, 0.2) is 5.82 Å². The van der Waals surface area contributed by atoms with Gasteiger partial charge in [-0.1, -0.05) is 34.1 Å². The molecule has 0 bridgehead atoms. The fraction of sp³-hybridized carbons (Fsp3) is 0.200. The van der Waals surface area contributed by atoms with Crippen LogP contribution in [0.5, 0.6) is 0 Å². The van der Waals surface area contributed by atoms with Crippen LogP contribution in [0.3, 0.4) is 0 Å². The summed E-state index contributed by atoms with van der Waals surface area (Å²) in [6.07, 6.45) is 0. The van der Waals surface area contributed by atoms with Crippen LogP contribution >= 0.6 is 31.9 Å². The molecule has 0 fully saturated rings. The summed E-state index contributed by atoms with van der Waals surface area (Å²) in [7, 11) is 1.87. The molecule has 0 atom stereocenters. The predicted molar refractivity (Wildman–Crippen MR) is 88.2 cm³/mol. The number of halogens is 3. The van der Waals surface area contributed by atoms with Crippen LogP contribution in [-0.2, 0) is 13.1 Å². The number of benzene rings is 2. The van der Waals surface area contributed by atoms with Gasteiger partial charge in [0.2, 0.25) is 0 Å². The zero-order chi connectivity index (χ0) is 14.7. The van der Waals surface area contributed by atoms with Crippen LogP contribution < -0.4 is 10.6 Å². The fourth-order valence-electron chi connectivity index (χ4n) is 2.03. The molecular formula is C15H15Br2FN2. The number of hydrogen-bond donors (Lipinski definition) is 1. The molecule has 0 aliphatic rings. The summed E-state index contributed by atoms with van der Waals surface area (Å²) in [6, 6.07) is 11.6. The molecule has 2 aromatic rings. The Morgan fingerprint density at radius 1 is 1.20 bits per heavy atom. The summed E-state index contributed by atoms with van der Waals surface area (Å²) >= 11 is 6.71. The van der Waals surface area contributed by atoms with E-state index < -0.39 is 0 Å². The van der Waals surface area contributed by atoms with Crippen molar-refractivity contribution in [1.82, 2.24) is 0 Å². The molecule has 106 valence electrons. The predicted octanol–water partition coefficient (Wildman–Crippen LogP) is 4.45. The second-order valence-corrected chi connectivity index (χ2v) is 6.27. The highest BCUT2D eigenvalue weighted by atomic mass is 79.9. The van der Waals surface area contributed by atoms with E-state index in [4.69, 9.17) is 5.73 Å². The molecule has 2 aromatic carbocycles. The van der Waals surface area contributed by atoms with Crippen LogP contribution in [0.15, 0.2) is 45.3 Å². The zero-order valence-corrected chi connectivity index (χ0v) is 14.2. The van der Waals surface area contributed by atoms with E-state index in [-0.39, 0.29) is 5.82 Å². The molecule has 2 N–H and O–H groups in total. The number of anilines is 1. The van der Waals surface area contributed by atoms with Gasteiger partial charge >= 0.3 is 0 Å². The molecule has 0 aromatic heterocycles. The van der Waals surface area contributed by atoms with Gasteiger partial charge in [-0.2, -0.15) is 0 Å². The molecule has 2 nitrogen and oxygen atoms in total. The Morgan fingerprint density at radius 2 is 1.95 bits per heavy atom. The van der Waals surface area contributed by atoms with Crippen LogP contribution in [0.4, 0.5) is 10.1 Å². The summed E-state index contributed by atoms with van der Waals surface area (Å²) in [5, 5.41) is 0. The fourth-order valence-corrected chi connectivity index (χ4v) is 2.97. The van der Waals surface area contributed by atoms with Gasteiger partial charge < -0.3 is 10.6 Å². The maximum absolute atomic E-state index is 14.3. The maximum atomic E-state index is 14.3. The Hall–Kier alpha value is -0.910. The van der Waals surface area contributed by atoms with Crippen LogP contribution in [0.1, 0.15) is 11.1 Å². The topological polar surface area (TPSA) is 29.3 Å². The number of nitrogens with two attached hydrogens (primary N) is 1. The summed E-state index contributed by atoms with van der Waals surface area (Å²) in [5.41, 5.74) is 8.00. The average Bonchev–Trinajstić information content (AvgIpc) is 2.41. The lowest BCUT2D eigenvalue weighted by Gasteiger charge is -2.21. The van der Waals surface area contributed by atoms with E-state index in [1.807, 2.05) is 42.3 Å². The molecule has 0 saturated carbocycles. The van der Waals surface area contributed by atoms with Gasteiger partial charge in [0, 0.05) is 24.6 Å². The molecular weight excluding hydrogens is 387 g/mol. The van der Waals surface area contributed by atoms with Gasteiger partial charge in [0.1, 0.15) is 0 Å². The monoisotopic (exact) mass is 400 g/mol. The molecule has 20 heavy (non-hydrogen) atoms. The normalized spacial score (nSPS) is 10.7. The third-order valence-corrected chi connectivity index (χ3v) is 4.43. The largest absolute Gasteiger partial charge is 0.368 e. The highest BCUT2D eigenvalue weighted by molar-refractivity contribution is 9.10. The first-order chi connectivity index (χ1) is 9.52. The van der Waals surface area contributed by atoms with Gasteiger partial charge in [-0.3, -0.25) is 0 Å². The van der Waals surface area contributed by atoms with E-state index in [9.17, 15) is 4.39 Å². The molecule has 0 saturated heterocycles. The molecule has 0 spiro atoms. The van der Waals surface area contributed by atoms with Crippen molar-refractivity contribution in [3.63, 3.8) is 0 Å². The van der Waals surface area contributed by atoms with E-state index in [0.29, 0.717) is 23.2 Å². The SMILES string of the molecule is CN(Cc1cccc(Br)c1)c1ccc(CN)c(Br)c1F. The number of nitrogens with zero attached hydrogens (tertiary/aromatic N) is 1. The van der Waals surface area contributed by atoms with Crippen LogP contribution in [-0.4, -0.2) is 7.05 Å². The molecule has 0 heterocycles. The molecule has 0 radical (unpaired) electrons. The minimum absolute atomic E-state index is 0.273. The first kappa shape index (κ1) is 15.5. The van der Waals surface area contributed by atoms with Gasteiger partial charge in [0.05, 0.1) is 10.2 Å². The average molecular weight is 402 g/mol. The summed E-state index contributed by atoms with van der Waals surface area (Å²) in [5.74, 6) is -0.273. The van der Waals surface area contributed by atoms with Gasteiger partial charge in [0.25, 0.3) is 0 Å². The van der Waals surface area contributed by atoms with Crippen molar-refractivity contribution in [2.24, 2.45) is 5.73 Å². The van der Waals surface area contributed by atoms with E-state index in [0.717, 1.165) is 15.6 Å². The lowest BCUT2D eigenvalue weighted by molar-refractivity contribution is 0.613. The lowest BCUT2D eigenvalue weighted by Crippen LogP contribution is -2.18. The first-order valence-corrected chi connectivity index (χ1v) is 7.74. The quantitative estimate of drug-likeness (QED) is 0.820. The maximum Gasteiger partial charge on any atom is 0.160 e. The molecule has 0 amide bonds. The number of rotatable bonds is 4. The van der Waals surface area contributed by atoms with Crippen molar-refractivity contribution in [1.29, 1.82) is 0 Å². The zero-order valence-electron chi connectivity index (χ0n) is 11.0. The Labute approximate surface area is 135 Å². The summed E-state index contributed by atoms with van der Waals surface area (Å²) in [6.45, 7) is 0.942. The van der Waals surface area contributed by atoms with Crippen LogP contribution in [0, 0.1) is 5.82 Å². The second kappa shape index (κ2) is 6.70. The highest BCUT2D eigenvalue weighted by Crippen LogP contribution is 2.29. The van der Waals surface area contributed by atoms with Crippen LogP contribution in [0.2, 0.25) is 0 Å². The van der Waals surface area contributed by atoms with Gasteiger partial charge in [-0.25, -0.2) is 4.39 Å². The Morgan fingerprint density at radius 3 is 2.60 bits per heavy atom. The minimum Gasteiger partial charge on any atom is -0.368 e. The molecule has 0 aliphatic carbocycles. The Kier molecular flexibility index (Phi) is 5.18. The first-order valence-electron chi connectivity index (χ1n) is 6.15. The van der Waals surface area contributed by atoms with Crippen molar-refractivity contribution in [3.05, 3.63) is 62.3 Å². The minimum atomic E-state index is -0.273. The van der Waals surface area contributed by atoms with Crippen molar-refractivity contribution in [2.45, 2.75) is 13.1 Å². The van der Waals surface area contributed by atoms with E-state index >= 15 is 0 Å². The van der Waals surface area contributed by atoms with Crippen LogP contribution in [0.25, 0.3) is 0 Å². The van der Waals surface area contributed by atoms with Crippen molar-refractivity contribution in [2.75, 3.05) is 11.9 Å². The standard InChI is InChI=1S/C15H15Br2FN2/c1-20(9-10-3-2-4-12(16)7-10)13-6-5-11(8-19)14(17)15(13)18/h2-7H,8-9,19H2,1H3. The molecule has 0 aliphatic heterocycles. The van der Waals surface area contributed by atoms with Gasteiger partial charge in [-0.15, -0.1) is 0 Å². The Bertz CT molecular complexity index is 617. The van der Waals surface area contributed by atoms with E-state index in [1.165, 1.54) is 0 Å². The van der Waals surface area contributed by atoms with Gasteiger partial charge in [-0.05, 0) is 45.3 Å². The van der Waals surface area contributed by atoms with E-state index in [1.54, 1.807) is 6.07 Å². The summed E-state index contributed by atoms with van der Waals surface area (Å²) in [4.78, 5) is 1.88. The third-order valence-electron chi connectivity index (χ3n) is 3.08. The third kappa shape index (κ3) is 3.40. The second-order valence-electron chi connectivity index (χ2n) is 4.56.